The molecule has 1 aromatic heterocycles. The molecule has 0 aliphatic carbocycles. The first-order valence-electron chi connectivity index (χ1n) is 9.58. The number of nitrogens with zero attached hydrogens (tertiary/aromatic N) is 2. The van der Waals surface area contributed by atoms with Crippen molar-refractivity contribution in [2.24, 2.45) is 0 Å². The average molecular weight is 371 g/mol. The van der Waals surface area contributed by atoms with Crippen LogP contribution in [0.1, 0.15) is 43.2 Å². The first kappa shape index (κ1) is 19.1. The quantitative estimate of drug-likeness (QED) is 0.728. The molecule has 0 fully saturated rings. The zero-order valence-corrected chi connectivity index (χ0v) is 17.3. The monoisotopic (exact) mass is 370 g/mol. The number of likely N-dealkylation sites (N-methyl/N-ethyl adjacent to an activating group) is 1. The largest absolute Gasteiger partial charge is 0.338 e. The third-order valence-electron chi connectivity index (χ3n) is 5.52. The summed E-state index contributed by atoms with van der Waals surface area (Å²) < 4.78 is 0. The van der Waals surface area contributed by atoms with Gasteiger partial charge >= 0.3 is 0 Å². The van der Waals surface area contributed by atoms with E-state index in [1.807, 2.05) is 22.3 Å². The van der Waals surface area contributed by atoms with Crippen LogP contribution >= 0.6 is 11.3 Å². The van der Waals surface area contributed by atoms with Gasteiger partial charge in [0.25, 0.3) is 5.91 Å². The van der Waals surface area contributed by atoms with E-state index in [4.69, 9.17) is 0 Å². The Labute approximate surface area is 161 Å². The lowest BCUT2D eigenvalue weighted by Crippen LogP contribution is -2.39. The third kappa shape index (κ3) is 4.36. The molecule has 1 aliphatic heterocycles. The van der Waals surface area contributed by atoms with E-state index in [1.54, 1.807) is 0 Å². The lowest BCUT2D eigenvalue weighted by Gasteiger charge is -2.30. The fourth-order valence-corrected chi connectivity index (χ4v) is 4.57. The minimum absolute atomic E-state index is 0.214. The Balaban J connectivity index is 1.46. The van der Waals surface area contributed by atoms with Crippen LogP contribution in [0.3, 0.4) is 0 Å². The number of hydrogen-bond donors (Lipinski definition) is 0. The van der Waals surface area contributed by atoms with Crippen molar-refractivity contribution in [3.63, 3.8) is 0 Å². The molecule has 26 heavy (non-hydrogen) atoms. The van der Waals surface area contributed by atoms with E-state index in [2.05, 4.69) is 50.9 Å². The number of thiophene rings is 1. The van der Waals surface area contributed by atoms with Gasteiger partial charge in [0.2, 0.25) is 0 Å². The first-order chi connectivity index (χ1) is 12.5. The van der Waals surface area contributed by atoms with Crippen LogP contribution in [0.25, 0.3) is 0 Å². The number of benzene rings is 1. The van der Waals surface area contributed by atoms with Crippen LogP contribution in [0, 0.1) is 20.8 Å². The van der Waals surface area contributed by atoms with Gasteiger partial charge in [-0.05, 0) is 88.5 Å². The highest BCUT2D eigenvalue weighted by atomic mass is 32.1. The Bertz CT molecular complexity index is 780. The number of hydrogen-bond acceptors (Lipinski definition) is 3. The molecular weight excluding hydrogens is 340 g/mol. The summed E-state index contributed by atoms with van der Waals surface area (Å²) in [5.74, 6) is 0.214. The van der Waals surface area contributed by atoms with E-state index in [0.29, 0.717) is 0 Å². The zero-order valence-electron chi connectivity index (χ0n) is 16.5. The SMILES string of the molecule is Cc1ccc(CCN(C)CCCN2CCc3c(ccc(C)c3C)C2=O)s1. The molecule has 3 rings (SSSR count). The molecule has 2 aromatic rings. The molecule has 2 heterocycles. The van der Waals surface area contributed by atoms with E-state index < -0.39 is 0 Å². The van der Waals surface area contributed by atoms with Gasteiger partial charge in [0.1, 0.15) is 0 Å². The molecule has 1 aliphatic rings. The topological polar surface area (TPSA) is 23.6 Å². The van der Waals surface area contributed by atoms with E-state index in [9.17, 15) is 4.79 Å². The summed E-state index contributed by atoms with van der Waals surface area (Å²) in [6.07, 6.45) is 3.14. The number of carbonyl (C=O) groups excluding carboxylic acids is 1. The Morgan fingerprint density at radius 3 is 2.65 bits per heavy atom. The van der Waals surface area contributed by atoms with Gasteiger partial charge in [-0.2, -0.15) is 0 Å². The number of rotatable bonds is 7. The van der Waals surface area contributed by atoms with Crippen LogP contribution in [-0.4, -0.2) is 48.9 Å². The van der Waals surface area contributed by atoms with Crippen molar-refractivity contribution in [1.82, 2.24) is 9.80 Å². The van der Waals surface area contributed by atoms with Crippen LogP contribution in [0.5, 0.6) is 0 Å². The average Bonchev–Trinajstić information content (AvgIpc) is 3.04. The van der Waals surface area contributed by atoms with E-state index >= 15 is 0 Å². The van der Waals surface area contributed by atoms with Gasteiger partial charge in [-0.3, -0.25) is 4.79 Å². The van der Waals surface area contributed by atoms with Crippen LogP contribution < -0.4 is 0 Å². The van der Waals surface area contributed by atoms with E-state index in [-0.39, 0.29) is 5.91 Å². The lowest BCUT2D eigenvalue weighted by molar-refractivity contribution is 0.0733. The summed E-state index contributed by atoms with van der Waals surface area (Å²) in [5, 5.41) is 0. The van der Waals surface area contributed by atoms with Crippen LogP contribution in [0.15, 0.2) is 24.3 Å². The molecule has 140 valence electrons. The van der Waals surface area contributed by atoms with Gasteiger partial charge in [-0.25, -0.2) is 0 Å². The van der Waals surface area contributed by atoms with Crippen molar-refractivity contribution in [1.29, 1.82) is 0 Å². The minimum atomic E-state index is 0.214. The highest BCUT2D eigenvalue weighted by molar-refractivity contribution is 7.11. The van der Waals surface area contributed by atoms with Crippen molar-refractivity contribution in [2.75, 3.05) is 33.2 Å². The van der Waals surface area contributed by atoms with Gasteiger partial charge in [0, 0.05) is 35.0 Å². The van der Waals surface area contributed by atoms with Crippen molar-refractivity contribution >= 4 is 17.2 Å². The van der Waals surface area contributed by atoms with Gasteiger partial charge in [0.15, 0.2) is 0 Å². The fourth-order valence-electron chi connectivity index (χ4n) is 3.69. The summed E-state index contributed by atoms with van der Waals surface area (Å²) in [5.41, 5.74) is 4.75. The summed E-state index contributed by atoms with van der Waals surface area (Å²) in [6, 6.07) is 8.53. The Morgan fingerprint density at radius 2 is 1.92 bits per heavy atom. The van der Waals surface area contributed by atoms with Gasteiger partial charge in [0.05, 0.1) is 0 Å². The molecule has 4 heteroatoms. The smallest absolute Gasteiger partial charge is 0.254 e. The standard InChI is InChI=1S/C22H30N2OS/c1-16-6-9-21-20(18(16)3)11-15-24(22(21)25)13-5-12-23(4)14-10-19-8-7-17(2)26-19/h6-9H,5,10-15H2,1-4H3. The van der Waals surface area contributed by atoms with Crippen LogP contribution in [-0.2, 0) is 12.8 Å². The summed E-state index contributed by atoms with van der Waals surface area (Å²) in [6.45, 7) is 10.3. The van der Waals surface area contributed by atoms with Gasteiger partial charge < -0.3 is 9.80 Å². The minimum Gasteiger partial charge on any atom is -0.338 e. The van der Waals surface area contributed by atoms with Crippen molar-refractivity contribution in [3.8, 4) is 0 Å². The molecule has 0 saturated carbocycles. The van der Waals surface area contributed by atoms with Crippen molar-refractivity contribution in [3.05, 3.63) is 56.3 Å². The Morgan fingerprint density at radius 1 is 1.12 bits per heavy atom. The second-order valence-corrected chi connectivity index (χ2v) is 8.87. The summed E-state index contributed by atoms with van der Waals surface area (Å²) in [7, 11) is 2.18. The molecule has 0 unspecified atom stereocenters. The third-order valence-corrected chi connectivity index (χ3v) is 6.58. The van der Waals surface area contributed by atoms with Crippen LogP contribution in [0.4, 0.5) is 0 Å². The molecule has 1 amide bonds. The maximum atomic E-state index is 12.8. The lowest BCUT2D eigenvalue weighted by atomic mass is 9.91. The van der Waals surface area contributed by atoms with E-state index in [0.717, 1.165) is 51.0 Å². The highest BCUT2D eigenvalue weighted by Crippen LogP contribution is 2.24. The van der Waals surface area contributed by atoms with Crippen LogP contribution in [0.2, 0.25) is 0 Å². The summed E-state index contributed by atoms with van der Waals surface area (Å²) in [4.78, 5) is 20.0. The zero-order chi connectivity index (χ0) is 18.7. The predicted octanol–water partition coefficient (Wildman–Crippen LogP) is 4.24. The maximum Gasteiger partial charge on any atom is 0.254 e. The Hall–Kier alpha value is -1.65. The molecule has 0 bridgehead atoms. The molecule has 0 atom stereocenters. The predicted molar refractivity (Wildman–Crippen MR) is 110 cm³/mol. The number of fused-ring (bicyclic) bond motifs is 1. The molecule has 0 spiro atoms. The first-order valence-corrected chi connectivity index (χ1v) is 10.4. The molecular formula is C22H30N2OS. The van der Waals surface area contributed by atoms with Gasteiger partial charge in [-0.1, -0.05) is 6.07 Å². The number of aryl methyl sites for hydroxylation is 2. The van der Waals surface area contributed by atoms with Gasteiger partial charge in [-0.15, -0.1) is 11.3 Å². The summed E-state index contributed by atoms with van der Waals surface area (Å²) >= 11 is 1.89. The maximum absolute atomic E-state index is 12.8. The molecule has 3 nitrogen and oxygen atoms in total. The van der Waals surface area contributed by atoms with Crippen molar-refractivity contribution in [2.45, 2.75) is 40.0 Å². The Kier molecular flexibility index (Phi) is 6.15. The second-order valence-electron chi connectivity index (χ2n) is 7.49. The number of carbonyl (C=O) groups is 1. The second kappa shape index (κ2) is 8.36. The molecule has 1 aromatic carbocycles. The molecule has 0 N–H and O–H groups in total. The fraction of sp³-hybridized carbons (Fsp3) is 0.500. The number of amides is 1. The van der Waals surface area contributed by atoms with Crippen molar-refractivity contribution < 1.29 is 4.79 Å². The normalized spacial score (nSPS) is 14.2. The van der Waals surface area contributed by atoms with E-state index in [1.165, 1.54) is 26.4 Å². The molecule has 0 saturated heterocycles. The molecule has 0 radical (unpaired) electrons. The highest BCUT2D eigenvalue weighted by Gasteiger charge is 2.25.